The van der Waals surface area contributed by atoms with E-state index in [4.69, 9.17) is 68.9 Å². The van der Waals surface area contributed by atoms with Crippen molar-refractivity contribution in [2.45, 2.75) is 50.0 Å². The smallest absolute Gasteiger partial charge is 0.414 e. The van der Waals surface area contributed by atoms with E-state index in [1.165, 1.54) is 78.0 Å². The topological polar surface area (TPSA) is 273 Å². The third kappa shape index (κ3) is 16.7. The number of hydrogen-bond donors (Lipinski definition) is 8. The molecule has 0 amide bonds. The van der Waals surface area contributed by atoms with Gasteiger partial charge < -0.3 is 50.7 Å². The molecule has 0 aliphatic carbocycles. The molecule has 0 aromatic rings. The summed E-state index contributed by atoms with van der Waals surface area (Å²) >= 11 is 0. The van der Waals surface area contributed by atoms with E-state index in [2.05, 4.69) is 20.4 Å². The molecule has 4 fully saturated rings. The Morgan fingerprint density at radius 1 is 0.500 bits per heavy atom. The van der Waals surface area contributed by atoms with Gasteiger partial charge >= 0.3 is 35.8 Å². The van der Waals surface area contributed by atoms with Crippen LogP contribution >= 0.6 is 0 Å². The summed E-state index contributed by atoms with van der Waals surface area (Å²) < 4.78 is 10.7. The fourth-order valence-electron chi connectivity index (χ4n) is 4.02. The molecule has 4 aliphatic rings. The molecular formula is C24H42N4O14. The first-order valence-corrected chi connectivity index (χ1v) is 13.1. The molecule has 42 heavy (non-hydrogen) atoms. The number of piperidine rings is 2. The predicted molar refractivity (Wildman–Crippen MR) is 142 cm³/mol. The molecule has 4 rings (SSSR count). The van der Waals surface area contributed by atoms with E-state index < -0.39 is 35.8 Å². The fourth-order valence-corrected chi connectivity index (χ4v) is 4.02. The largest absolute Gasteiger partial charge is 0.473 e. The molecular weight excluding hydrogens is 568 g/mol. The monoisotopic (exact) mass is 610 g/mol. The van der Waals surface area contributed by atoms with Crippen molar-refractivity contribution in [1.29, 1.82) is 0 Å². The summed E-state index contributed by atoms with van der Waals surface area (Å²) in [6.45, 7) is 9.68. The summed E-state index contributed by atoms with van der Waals surface area (Å²) in [6.07, 6.45) is 5.91. The van der Waals surface area contributed by atoms with Gasteiger partial charge in [0, 0.05) is 78.7 Å². The maximum absolute atomic E-state index is 9.10. The van der Waals surface area contributed by atoms with Crippen LogP contribution in [0.25, 0.3) is 0 Å². The second-order valence-corrected chi connectivity index (χ2v) is 9.40. The van der Waals surface area contributed by atoms with Crippen molar-refractivity contribution in [3.05, 3.63) is 0 Å². The van der Waals surface area contributed by atoms with Gasteiger partial charge in [0.1, 0.15) is 0 Å². The Bertz CT molecular complexity index is 738. The zero-order valence-electron chi connectivity index (χ0n) is 23.6. The van der Waals surface area contributed by atoms with Crippen LogP contribution in [0.5, 0.6) is 0 Å². The van der Waals surface area contributed by atoms with Gasteiger partial charge in [0.15, 0.2) is 0 Å². The van der Waals surface area contributed by atoms with Gasteiger partial charge in [0.25, 0.3) is 0 Å². The number of ether oxygens (including phenoxy) is 2. The van der Waals surface area contributed by atoms with Crippen molar-refractivity contribution in [1.82, 2.24) is 20.4 Å². The van der Waals surface area contributed by atoms with Crippen molar-refractivity contribution in [2.24, 2.45) is 0 Å². The van der Waals surface area contributed by atoms with Crippen LogP contribution in [0.2, 0.25) is 0 Å². The molecule has 0 atom stereocenters. The van der Waals surface area contributed by atoms with Crippen LogP contribution < -0.4 is 10.6 Å². The Morgan fingerprint density at radius 3 is 0.833 bits per heavy atom. The van der Waals surface area contributed by atoms with Crippen LogP contribution in [0, 0.1) is 0 Å². The van der Waals surface area contributed by atoms with Crippen molar-refractivity contribution in [3.63, 3.8) is 0 Å². The molecule has 0 aromatic carbocycles. The molecule has 0 bridgehead atoms. The highest BCUT2D eigenvalue weighted by Crippen LogP contribution is 2.17. The number of carboxylic acids is 6. The first-order chi connectivity index (χ1) is 19.7. The van der Waals surface area contributed by atoms with Gasteiger partial charge in [-0.1, -0.05) is 0 Å². The number of rotatable bonds is 4. The molecule has 0 unspecified atom stereocenters. The average Bonchev–Trinajstić information content (AvgIpc) is 2.89. The Labute approximate surface area is 242 Å². The third-order valence-electron chi connectivity index (χ3n) is 6.72. The first kappa shape index (κ1) is 38.6. The van der Waals surface area contributed by atoms with Crippen LogP contribution in [-0.4, -0.2) is 167 Å². The van der Waals surface area contributed by atoms with E-state index in [0.29, 0.717) is 12.2 Å². The molecule has 0 aromatic heterocycles. The SMILES string of the molecule is COC1CCN(C2CNC2)CC1.COC1CCN(C2CNC2)CC1.O=C(O)C(=O)O.O=C(O)C(=O)O.O=C(O)C(=O)O. The lowest BCUT2D eigenvalue weighted by Crippen LogP contribution is -2.59. The molecule has 242 valence electrons. The highest BCUT2D eigenvalue weighted by molar-refractivity contribution is 6.28. The van der Waals surface area contributed by atoms with Crippen molar-refractivity contribution in [2.75, 3.05) is 66.6 Å². The summed E-state index contributed by atoms with van der Waals surface area (Å²) in [7, 11) is 3.65. The number of likely N-dealkylation sites (tertiary alicyclic amines) is 2. The van der Waals surface area contributed by atoms with Crippen LogP contribution in [0.15, 0.2) is 0 Å². The van der Waals surface area contributed by atoms with Gasteiger partial charge in [-0.25, -0.2) is 28.8 Å². The molecule has 0 radical (unpaired) electrons. The van der Waals surface area contributed by atoms with E-state index in [9.17, 15) is 0 Å². The fraction of sp³-hybridized carbons (Fsp3) is 0.750. The predicted octanol–water partition coefficient (Wildman–Crippen LogP) is -2.40. The average molecular weight is 611 g/mol. The number of aliphatic carboxylic acids is 6. The molecule has 0 spiro atoms. The van der Waals surface area contributed by atoms with E-state index >= 15 is 0 Å². The van der Waals surface area contributed by atoms with Crippen molar-refractivity contribution in [3.8, 4) is 0 Å². The lowest BCUT2D eigenvalue weighted by molar-refractivity contribution is -0.159. The lowest BCUT2D eigenvalue weighted by Gasteiger charge is -2.41. The molecule has 4 heterocycles. The van der Waals surface area contributed by atoms with Gasteiger partial charge in [0.05, 0.1) is 12.2 Å². The van der Waals surface area contributed by atoms with Gasteiger partial charge in [-0.2, -0.15) is 0 Å². The molecule has 4 saturated heterocycles. The van der Waals surface area contributed by atoms with E-state index in [0.717, 1.165) is 12.1 Å². The number of methoxy groups -OCH3 is 2. The van der Waals surface area contributed by atoms with Crippen LogP contribution in [0.3, 0.4) is 0 Å². The molecule has 0 saturated carbocycles. The van der Waals surface area contributed by atoms with Gasteiger partial charge in [-0.15, -0.1) is 0 Å². The summed E-state index contributed by atoms with van der Waals surface area (Å²) in [5.74, 6) is -10.9. The number of carbonyl (C=O) groups is 6. The van der Waals surface area contributed by atoms with Gasteiger partial charge in [0.2, 0.25) is 0 Å². The highest BCUT2D eigenvalue weighted by atomic mass is 16.5. The number of carboxylic acid groups (broad SMARTS) is 6. The third-order valence-corrected chi connectivity index (χ3v) is 6.72. The highest BCUT2D eigenvalue weighted by Gasteiger charge is 2.29. The lowest BCUT2D eigenvalue weighted by atomic mass is 10.0. The minimum absolute atomic E-state index is 0.522. The standard InChI is InChI=1S/2C9H18N2O.3C2H2O4/c2*1-12-9-2-4-11(5-3-9)8-6-10-7-8;3*3-1(4)2(5)6/h2*8-10H,2-7H2,1H3;3*(H,3,4)(H,5,6). The second kappa shape index (κ2) is 21.3. The second-order valence-electron chi connectivity index (χ2n) is 9.40. The molecule has 18 heteroatoms. The Morgan fingerprint density at radius 2 is 0.714 bits per heavy atom. The Balaban J connectivity index is 0.000000526. The van der Waals surface area contributed by atoms with Crippen molar-refractivity contribution >= 4 is 35.8 Å². The summed E-state index contributed by atoms with van der Waals surface area (Å²) in [4.78, 5) is 59.8. The van der Waals surface area contributed by atoms with E-state index in [1.54, 1.807) is 0 Å². The number of nitrogens with zero attached hydrogens (tertiary/aromatic N) is 2. The van der Waals surface area contributed by atoms with Crippen molar-refractivity contribution < 1.29 is 68.9 Å². The molecule has 18 nitrogen and oxygen atoms in total. The Hall–Kier alpha value is -3.42. The van der Waals surface area contributed by atoms with E-state index in [1.807, 2.05) is 14.2 Å². The number of hydrogen-bond acceptors (Lipinski definition) is 12. The van der Waals surface area contributed by atoms with Gasteiger partial charge in [-0.05, 0) is 25.7 Å². The normalized spacial score (nSPS) is 19.6. The van der Waals surface area contributed by atoms with Crippen LogP contribution in [0.1, 0.15) is 25.7 Å². The molecule has 8 N–H and O–H groups in total. The first-order valence-electron chi connectivity index (χ1n) is 13.1. The zero-order valence-corrected chi connectivity index (χ0v) is 23.6. The van der Waals surface area contributed by atoms with Gasteiger partial charge in [-0.3, -0.25) is 9.80 Å². The van der Waals surface area contributed by atoms with Crippen LogP contribution in [-0.2, 0) is 38.2 Å². The number of nitrogens with one attached hydrogen (secondary N) is 2. The molecule has 4 aliphatic heterocycles. The van der Waals surface area contributed by atoms with E-state index in [-0.39, 0.29) is 0 Å². The minimum atomic E-state index is -1.82. The summed E-state index contributed by atoms with van der Waals surface area (Å²) in [5, 5.41) is 51.0. The minimum Gasteiger partial charge on any atom is -0.473 e. The van der Waals surface area contributed by atoms with Crippen LogP contribution in [0.4, 0.5) is 0 Å². The maximum atomic E-state index is 9.10. The Kier molecular flexibility index (Phi) is 19.6. The quantitative estimate of drug-likeness (QED) is 0.154. The summed E-state index contributed by atoms with van der Waals surface area (Å²) in [5.41, 5.74) is 0. The zero-order chi connectivity index (χ0) is 32.2. The maximum Gasteiger partial charge on any atom is 0.414 e. The summed E-state index contributed by atoms with van der Waals surface area (Å²) in [6, 6.07) is 1.64.